The van der Waals surface area contributed by atoms with Crippen LogP contribution in [0, 0.1) is 0 Å². The summed E-state index contributed by atoms with van der Waals surface area (Å²) in [6.45, 7) is 2.61. The van der Waals surface area contributed by atoms with Gasteiger partial charge in [-0.15, -0.1) is 0 Å². The molecule has 0 aromatic rings. The number of aliphatic carboxylic acids is 1. The molecule has 4 heteroatoms. The average molecular weight is 229 g/mol. The van der Waals surface area contributed by atoms with Gasteiger partial charge in [-0.3, -0.25) is 4.79 Å². The molecule has 0 aromatic carbocycles. The van der Waals surface area contributed by atoms with Crippen LogP contribution in [0.25, 0.3) is 0 Å². The number of hydrogen-bond donors (Lipinski definition) is 0. The van der Waals surface area contributed by atoms with E-state index < -0.39 is 5.97 Å². The summed E-state index contributed by atoms with van der Waals surface area (Å²) < 4.78 is 4.99. The molecule has 0 fully saturated rings. The molecule has 0 unspecified atom stereocenters. The van der Waals surface area contributed by atoms with Gasteiger partial charge in [0.2, 0.25) is 0 Å². The standard InChI is InChI=1S/C12H22O4/c1-2-3-4-7-10-16-12(15)9-6-5-8-11(13)14/h2-10H2,1H3,(H,13,14)/p-1. The fourth-order valence-electron chi connectivity index (χ4n) is 1.33. The minimum atomic E-state index is -1.06. The van der Waals surface area contributed by atoms with Crippen molar-refractivity contribution < 1.29 is 19.4 Å². The van der Waals surface area contributed by atoms with E-state index >= 15 is 0 Å². The summed E-state index contributed by atoms with van der Waals surface area (Å²) in [4.78, 5) is 21.2. The third-order valence-electron chi connectivity index (χ3n) is 2.27. The second kappa shape index (κ2) is 10.5. The van der Waals surface area contributed by atoms with E-state index in [0.29, 0.717) is 25.9 Å². The van der Waals surface area contributed by atoms with Gasteiger partial charge in [-0.1, -0.05) is 26.2 Å². The van der Waals surface area contributed by atoms with Crippen LogP contribution >= 0.6 is 0 Å². The number of carboxylic acids is 1. The van der Waals surface area contributed by atoms with Crippen molar-refractivity contribution >= 4 is 11.9 Å². The molecule has 0 saturated heterocycles. The van der Waals surface area contributed by atoms with Crippen LogP contribution in [-0.4, -0.2) is 18.5 Å². The normalized spacial score (nSPS) is 10.1. The van der Waals surface area contributed by atoms with E-state index in [1.54, 1.807) is 0 Å². The van der Waals surface area contributed by atoms with Crippen molar-refractivity contribution in [2.24, 2.45) is 0 Å². The maximum absolute atomic E-state index is 11.1. The Morgan fingerprint density at radius 2 is 1.69 bits per heavy atom. The van der Waals surface area contributed by atoms with Crippen molar-refractivity contribution in [1.82, 2.24) is 0 Å². The van der Waals surface area contributed by atoms with Crippen LogP contribution in [0.4, 0.5) is 0 Å². The maximum atomic E-state index is 11.1. The lowest BCUT2D eigenvalue weighted by molar-refractivity contribution is -0.305. The number of hydrogen-bond acceptors (Lipinski definition) is 4. The van der Waals surface area contributed by atoms with Crippen LogP contribution in [0.5, 0.6) is 0 Å². The highest BCUT2D eigenvalue weighted by Gasteiger charge is 2.01. The van der Waals surface area contributed by atoms with Gasteiger partial charge in [-0.2, -0.15) is 0 Å². The first-order chi connectivity index (χ1) is 7.66. The third-order valence-corrected chi connectivity index (χ3v) is 2.27. The second-order valence-corrected chi connectivity index (χ2v) is 3.86. The number of esters is 1. The van der Waals surface area contributed by atoms with Gasteiger partial charge in [-0.25, -0.2) is 0 Å². The molecule has 0 saturated carbocycles. The van der Waals surface area contributed by atoms with Gasteiger partial charge in [-0.05, 0) is 25.7 Å². The Hall–Kier alpha value is -1.06. The van der Waals surface area contributed by atoms with Crippen LogP contribution in [0.2, 0.25) is 0 Å². The lowest BCUT2D eigenvalue weighted by Crippen LogP contribution is -2.21. The monoisotopic (exact) mass is 229 g/mol. The van der Waals surface area contributed by atoms with Crippen LogP contribution in [0.15, 0.2) is 0 Å². The van der Waals surface area contributed by atoms with Crippen molar-refractivity contribution in [3.8, 4) is 0 Å². The maximum Gasteiger partial charge on any atom is 0.305 e. The summed E-state index contributed by atoms with van der Waals surface area (Å²) in [6, 6.07) is 0. The molecular formula is C12H21O4-. The topological polar surface area (TPSA) is 66.4 Å². The Morgan fingerprint density at radius 3 is 2.31 bits per heavy atom. The fourth-order valence-corrected chi connectivity index (χ4v) is 1.33. The largest absolute Gasteiger partial charge is 0.550 e. The Balaban J connectivity index is 3.21. The Bertz CT molecular complexity index is 201. The molecule has 0 atom stereocenters. The van der Waals surface area contributed by atoms with Gasteiger partial charge in [0.25, 0.3) is 0 Å². The predicted octanol–water partition coefficient (Wildman–Crippen LogP) is 1.42. The smallest absolute Gasteiger partial charge is 0.305 e. The van der Waals surface area contributed by atoms with Gasteiger partial charge in [0.05, 0.1) is 6.61 Å². The highest BCUT2D eigenvalue weighted by Crippen LogP contribution is 2.03. The number of carbonyl (C=O) groups is 2. The van der Waals surface area contributed by atoms with Crippen LogP contribution in [0.1, 0.15) is 58.3 Å². The van der Waals surface area contributed by atoms with E-state index in [1.165, 1.54) is 6.42 Å². The summed E-state index contributed by atoms with van der Waals surface area (Å²) in [6.07, 6.45) is 5.70. The van der Waals surface area contributed by atoms with Gasteiger partial charge in [0, 0.05) is 12.4 Å². The molecule has 0 amide bonds. The molecule has 0 spiro atoms. The summed E-state index contributed by atoms with van der Waals surface area (Å²) >= 11 is 0. The zero-order valence-electron chi connectivity index (χ0n) is 10.00. The van der Waals surface area contributed by atoms with Crippen molar-refractivity contribution in [1.29, 1.82) is 0 Å². The van der Waals surface area contributed by atoms with Crippen LogP contribution < -0.4 is 5.11 Å². The summed E-state index contributed by atoms with van der Waals surface area (Å²) in [5, 5.41) is 10.1. The molecule has 0 radical (unpaired) electrons. The van der Waals surface area contributed by atoms with E-state index in [0.717, 1.165) is 19.3 Å². The van der Waals surface area contributed by atoms with Crippen LogP contribution in [-0.2, 0) is 14.3 Å². The van der Waals surface area contributed by atoms with Crippen molar-refractivity contribution in [2.75, 3.05) is 6.61 Å². The molecule has 0 aliphatic rings. The SMILES string of the molecule is CCCCCCOC(=O)CCCCC(=O)[O-]. The van der Waals surface area contributed by atoms with E-state index in [9.17, 15) is 14.7 Å². The van der Waals surface area contributed by atoms with Gasteiger partial charge < -0.3 is 14.6 Å². The van der Waals surface area contributed by atoms with E-state index in [4.69, 9.17) is 4.74 Å². The van der Waals surface area contributed by atoms with E-state index in [2.05, 4.69) is 6.92 Å². The minimum Gasteiger partial charge on any atom is -0.550 e. The highest BCUT2D eigenvalue weighted by atomic mass is 16.5. The summed E-state index contributed by atoms with van der Waals surface area (Å²) in [5.74, 6) is -1.29. The van der Waals surface area contributed by atoms with E-state index in [1.807, 2.05) is 0 Å². The van der Waals surface area contributed by atoms with Crippen molar-refractivity contribution in [3.63, 3.8) is 0 Å². The number of ether oxygens (including phenoxy) is 1. The molecule has 0 rings (SSSR count). The summed E-state index contributed by atoms with van der Waals surface area (Å²) in [5.41, 5.74) is 0. The molecule has 0 N–H and O–H groups in total. The second-order valence-electron chi connectivity index (χ2n) is 3.86. The fraction of sp³-hybridized carbons (Fsp3) is 0.833. The molecule has 4 nitrogen and oxygen atoms in total. The highest BCUT2D eigenvalue weighted by molar-refractivity contribution is 5.69. The molecule has 0 aliphatic heterocycles. The Labute approximate surface area is 97.0 Å². The first kappa shape index (κ1) is 14.9. The molecular weight excluding hydrogens is 208 g/mol. The lowest BCUT2D eigenvalue weighted by Gasteiger charge is -2.04. The Morgan fingerprint density at radius 1 is 1.00 bits per heavy atom. The zero-order chi connectivity index (χ0) is 12.2. The van der Waals surface area contributed by atoms with Gasteiger partial charge in [0.1, 0.15) is 0 Å². The zero-order valence-corrected chi connectivity index (χ0v) is 10.00. The molecule has 16 heavy (non-hydrogen) atoms. The molecule has 0 bridgehead atoms. The molecule has 0 heterocycles. The number of rotatable bonds is 10. The quantitative estimate of drug-likeness (QED) is 0.420. The summed E-state index contributed by atoms with van der Waals surface area (Å²) in [7, 11) is 0. The first-order valence-electron chi connectivity index (χ1n) is 6.02. The van der Waals surface area contributed by atoms with E-state index in [-0.39, 0.29) is 12.4 Å². The number of carboxylic acid groups (broad SMARTS) is 1. The molecule has 0 aliphatic carbocycles. The first-order valence-corrected chi connectivity index (χ1v) is 6.02. The minimum absolute atomic E-state index is 0.0176. The average Bonchev–Trinajstić information content (AvgIpc) is 2.24. The van der Waals surface area contributed by atoms with Gasteiger partial charge in [0.15, 0.2) is 0 Å². The molecule has 94 valence electrons. The van der Waals surface area contributed by atoms with Crippen LogP contribution in [0.3, 0.4) is 0 Å². The van der Waals surface area contributed by atoms with Crippen molar-refractivity contribution in [2.45, 2.75) is 58.3 Å². The lowest BCUT2D eigenvalue weighted by atomic mass is 10.2. The number of carbonyl (C=O) groups excluding carboxylic acids is 2. The predicted molar refractivity (Wildman–Crippen MR) is 58.6 cm³/mol. The molecule has 0 aromatic heterocycles. The van der Waals surface area contributed by atoms with Crippen molar-refractivity contribution in [3.05, 3.63) is 0 Å². The Kier molecular flexibility index (Phi) is 9.76. The number of unbranched alkanes of at least 4 members (excludes halogenated alkanes) is 4. The van der Waals surface area contributed by atoms with Gasteiger partial charge >= 0.3 is 5.97 Å². The third kappa shape index (κ3) is 11.0.